The fraction of sp³-hybridized carbons (Fsp3) is 0.250. The number of aromatic nitrogens is 1. The van der Waals surface area contributed by atoms with Crippen molar-refractivity contribution in [2.75, 3.05) is 0 Å². The number of non-ortho nitro benzene ring substituents is 1. The molecular formula is C12H11ClN2O2. The molecule has 0 aliphatic carbocycles. The van der Waals surface area contributed by atoms with Gasteiger partial charge in [0.25, 0.3) is 5.69 Å². The monoisotopic (exact) mass is 250 g/mol. The van der Waals surface area contributed by atoms with Crippen molar-refractivity contribution in [1.29, 1.82) is 0 Å². The first-order valence-corrected chi connectivity index (χ1v) is 5.68. The molecule has 0 saturated heterocycles. The first kappa shape index (κ1) is 11.8. The van der Waals surface area contributed by atoms with E-state index in [1.54, 1.807) is 12.3 Å². The number of nitrogens with zero attached hydrogens (tertiary/aromatic N) is 2. The SMILES string of the molecule is CC(Cl)Cc1ccnc2c([N+](=O)[O-])cccc12. The maximum atomic E-state index is 10.9. The van der Waals surface area contributed by atoms with Gasteiger partial charge in [-0.25, -0.2) is 4.98 Å². The minimum absolute atomic E-state index is 0.0140. The van der Waals surface area contributed by atoms with E-state index in [1.807, 2.05) is 19.1 Å². The van der Waals surface area contributed by atoms with E-state index < -0.39 is 4.92 Å². The molecular weight excluding hydrogens is 240 g/mol. The van der Waals surface area contributed by atoms with E-state index >= 15 is 0 Å². The Morgan fingerprint density at radius 2 is 2.24 bits per heavy atom. The van der Waals surface area contributed by atoms with Gasteiger partial charge in [-0.3, -0.25) is 10.1 Å². The number of nitro groups is 1. The van der Waals surface area contributed by atoms with Gasteiger partial charge in [0.15, 0.2) is 0 Å². The van der Waals surface area contributed by atoms with Crippen molar-refractivity contribution in [3.63, 3.8) is 0 Å². The molecule has 2 aromatic rings. The van der Waals surface area contributed by atoms with Crippen LogP contribution < -0.4 is 0 Å². The molecule has 0 aliphatic heterocycles. The normalized spacial score (nSPS) is 12.6. The van der Waals surface area contributed by atoms with Gasteiger partial charge in [0.05, 0.1) is 4.92 Å². The Labute approximate surface area is 103 Å². The van der Waals surface area contributed by atoms with Crippen LogP contribution in [-0.4, -0.2) is 15.3 Å². The van der Waals surface area contributed by atoms with Crippen molar-refractivity contribution in [1.82, 2.24) is 4.98 Å². The number of rotatable bonds is 3. The highest BCUT2D eigenvalue weighted by atomic mass is 35.5. The second-order valence-corrected chi connectivity index (χ2v) is 4.63. The molecule has 1 heterocycles. The molecule has 0 spiro atoms. The van der Waals surface area contributed by atoms with Crippen LogP contribution in [0.2, 0.25) is 0 Å². The van der Waals surface area contributed by atoms with Gasteiger partial charge in [0.2, 0.25) is 0 Å². The van der Waals surface area contributed by atoms with E-state index in [-0.39, 0.29) is 11.1 Å². The molecule has 0 amide bonds. The second-order valence-electron chi connectivity index (χ2n) is 3.89. The van der Waals surface area contributed by atoms with Crippen LogP contribution >= 0.6 is 11.6 Å². The largest absolute Gasteiger partial charge is 0.295 e. The Kier molecular flexibility index (Phi) is 3.24. The van der Waals surface area contributed by atoms with Crippen LogP contribution in [0.25, 0.3) is 10.9 Å². The van der Waals surface area contributed by atoms with Crippen LogP contribution in [0.4, 0.5) is 5.69 Å². The third kappa shape index (κ3) is 2.36. The van der Waals surface area contributed by atoms with Gasteiger partial charge in [-0.2, -0.15) is 0 Å². The highest BCUT2D eigenvalue weighted by Gasteiger charge is 2.14. The fourth-order valence-corrected chi connectivity index (χ4v) is 2.01. The third-order valence-corrected chi connectivity index (χ3v) is 2.69. The van der Waals surface area contributed by atoms with Gasteiger partial charge >= 0.3 is 0 Å². The van der Waals surface area contributed by atoms with Crippen LogP contribution in [0.5, 0.6) is 0 Å². The number of alkyl halides is 1. The Morgan fingerprint density at radius 1 is 1.47 bits per heavy atom. The molecule has 0 fully saturated rings. The Balaban J connectivity index is 2.65. The molecule has 0 saturated carbocycles. The van der Waals surface area contributed by atoms with Gasteiger partial charge in [-0.1, -0.05) is 12.1 Å². The summed E-state index contributed by atoms with van der Waals surface area (Å²) in [5, 5.41) is 11.7. The minimum Gasteiger partial charge on any atom is -0.258 e. The average Bonchev–Trinajstić information content (AvgIpc) is 2.28. The van der Waals surface area contributed by atoms with Crippen molar-refractivity contribution in [2.45, 2.75) is 18.7 Å². The number of fused-ring (bicyclic) bond motifs is 1. The maximum absolute atomic E-state index is 10.9. The van der Waals surface area contributed by atoms with Gasteiger partial charge in [0.1, 0.15) is 5.52 Å². The number of para-hydroxylation sites is 1. The average molecular weight is 251 g/mol. The summed E-state index contributed by atoms with van der Waals surface area (Å²) in [6, 6.07) is 6.82. The summed E-state index contributed by atoms with van der Waals surface area (Å²) in [5.41, 5.74) is 1.44. The summed E-state index contributed by atoms with van der Waals surface area (Å²) >= 11 is 5.96. The zero-order valence-electron chi connectivity index (χ0n) is 9.26. The molecule has 2 rings (SSSR count). The third-order valence-electron chi connectivity index (χ3n) is 2.54. The summed E-state index contributed by atoms with van der Waals surface area (Å²) in [7, 11) is 0. The summed E-state index contributed by atoms with van der Waals surface area (Å²) in [4.78, 5) is 14.6. The lowest BCUT2D eigenvalue weighted by Gasteiger charge is -2.07. The molecule has 0 radical (unpaired) electrons. The summed E-state index contributed by atoms with van der Waals surface area (Å²) < 4.78 is 0. The highest BCUT2D eigenvalue weighted by molar-refractivity contribution is 6.20. The van der Waals surface area contributed by atoms with Gasteiger partial charge in [-0.15, -0.1) is 11.6 Å². The van der Waals surface area contributed by atoms with Gasteiger partial charge in [-0.05, 0) is 25.0 Å². The number of nitro benzene ring substituents is 1. The van der Waals surface area contributed by atoms with E-state index in [4.69, 9.17) is 11.6 Å². The van der Waals surface area contributed by atoms with Crippen LogP contribution in [0.1, 0.15) is 12.5 Å². The lowest BCUT2D eigenvalue weighted by Crippen LogP contribution is -1.99. The highest BCUT2D eigenvalue weighted by Crippen LogP contribution is 2.26. The predicted octanol–water partition coefficient (Wildman–Crippen LogP) is 3.31. The van der Waals surface area contributed by atoms with Crippen LogP contribution in [0, 0.1) is 10.1 Å². The quantitative estimate of drug-likeness (QED) is 0.477. The van der Waals surface area contributed by atoms with Crippen molar-refractivity contribution in [2.24, 2.45) is 0 Å². The molecule has 1 aromatic heterocycles. The Hall–Kier alpha value is -1.68. The predicted molar refractivity (Wildman–Crippen MR) is 67.4 cm³/mol. The summed E-state index contributed by atoms with van der Waals surface area (Å²) in [5.74, 6) is 0. The van der Waals surface area contributed by atoms with Crippen molar-refractivity contribution >= 4 is 28.2 Å². The number of benzene rings is 1. The summed E-state index contributed by atoms with van der Waals surface area (Å²) in [6.07, 6.45) is 2.26. The fourth-order valence-electron chi connectivity index (χ4n) is 1.85. The van der Waals surface area contributed by atoms with Gasteiger partial charge in [0, 0.05) is 23.0 Å². The minimum atomic E-state index is -0.413. The molecule has 17 heavy (non-hydrogen) atoms. The number of halogens is 1. The zero-order chi connectivity index (χ0) is 12.4. The van der Waals surface area contributed by atoms with E-state index in [0.717, 1.165) is 10.9 Å². The van der Waals surface area contributed by atoms with E-state index in [1.165, 1.54) is 6.07 Å². The second kappa shape index (κ2) is 4.67. The number of pyridine rings is 1. The first-order chi connectivity index (χ1) is 8.09. The standard InChI is InChI=1S/C12H11ClN2O2/c1-8(13)7-9-5-6-14-12-10(9)3-2-4-11(12)15(16)17/h2-6,8H,7H2,1H3. The van der Waals surface area contributed by atoms with Crippen LogP contribution in [0.3, 0.4) is 0 Å². The van der Waals surface area contributed by atoms with Gasteiger partial charge < -0.3 is 0 Å². The smallest absolute Gasteiger partial charge is 0.258 e. The first-order valence-electron chi connectivity index (χ1n) is 5.24. The molecule has 0 bridgehead atoms. The van der Waals surface area contributed by atoms with Crippen molar-refractivity contribution in [3.05, 3.63) is 46.1 Å². The molecule has 88 valence electrons. The van der Waals surface area contributed by atoms with E-state index in [0.29, 0.717) is 11.9 Å². The lowest BCUT2D eigenvalue weighted by molar-refractivity contribution is -0.383. The Bertz CT molecular complexity index is 569. The van der Waals surface area contributed by atoms with E-state index in [2.05, 4.69) is 4.98 Å². The van der Waals surface area contributed by atoms with Crippen LogP contribution in [-0.2, 0) is 6.42 Å². The number of hydrogen-bond donors (Lipinski definition) is 0. The Morgan fingerprint density at radius 3 is 2.88 bits per heavy atom. The molecule has 1 atom stereocenters. The van der Waals surface area contributed by atoms with E-state index in [9.17, 15) is 10.1 Å². The van der Waals surface area contributed by atoms with Crippen molar-refractivity contribution < 1.29 is 4.92 Å². The molecule has 4 nitrogen and oxygen atoms in total. The topological polar surface area (TPSA) is 56.0 Å². The lowest BCUT2D eigenvalue weighted by atomic mass is 10.0. The maximum Gasteiger partial charge on any atom is 0.295 e. The molecule has 1 unspecified atom stereocenters. The molecule has 0 aliphatic rings. The summed E-state index contributed by atoms with van der Waals surface area (Å²) in [6.45, 7) is 1.89. The number of hydrogen-bond acceptors (Lipinski definition) is 3. The van der Waals surface area contributed by atoms with Crippen LogP contribution in [0.15, 0.2) is 30.5 Å². The molecule has 5 heteroatoms. The van der Waals surface area contributed by atoms with Crippen molar-refractivity contribution in [3.8, 4) is 0 Å². The zero-order valence-corrected chi connectivity index (χ0v) is 10.0. The molecule has 0 N–H and O–H groups in total. The molecule has 1 aromatic carbocycles.